The second-order valence-corrected chi connectivity index (χ2v) is 4.06. The fourth-order valence-corrected chi connectivity index (χ4v) is 1.52. The van der Waals surface area contributed by atoms with Gasteiger partial charge in [0.15, 0.2) is 11.5 Å². The van der Waals surface area contributed by atoms with Gasteiger partial charge in [-0.1, -0.05) is 28.1 Å². The van der Waals surface area contributed by atoms with Crippen molar-refractivity contribution >= 4 is 27.9 Å². The Balaban J connectivity index is 3.02. The predicted octanol–water partition coefficient (Wildman–Crippen LogP) is 2.99. The molecule has 18 heavy (non-hydrogen) atoms. The highest BCUT2D eigenvalue weighted by Gasteiger charge is 2.10. The van der Waals surface area contributed by atoms with Crippen molar-refractivity contribution in [2.45, 2.75) is 20.3 Å². The maximum absolute atomic E-state index is 11.0. The van der Waals surface area contributed by atoms with Crippen molar-refractivity contribution < 1.29 is 19.1 Å². The molecule has 4 nitrogen and oxygen atoms in total. The van der Waals surface area contributed by atoms with Gasteiger partial charge in [-0.05, 0) is 29.1 Å². The average Bonchev–Trinajstić information content (AvgIpc) is 2.28. The Bertz CT molecular complexity index is 480. The molecule has 0 atom stereocenters. The summed E-state index contributed by atoms with van der Waals surface area (Å²) in [6, 6.07) is 5.09. The minimum absolute atomic E-state index is 0.240. The molecule has 0 aromatic heterocycles. The van der Waals surface area contributed by atoms with E-state index in [2.05, 4.69) is 15.9 Å². The Morgan fingerprint density at radius 2 is 1.78 bits per heavy atom. The summed E-state index contributed by atoms with van der Waals surface area (Å²) in [5.74, 6) is -0.435. The molecule has 0 saturated heterocycles. The van der Waals surface area contributed by atoms with E-state index in [0.717, 1.165) is 5.56 Å². The van der Waals surface area contributed by atoms with Crippen molar-refractivity contribution in [1.82, 2.24) is 0 Å². The molecule has 1 aromatic carbocycles. The van der Waals surface area contributed by atoms with Crippen molar-refractivity contribution in [2.75, 3.05) is 0 Å². The monoisotopic (exact) mass is 312 g/mol. The molecule has 0 unspecified atom stereocenters. The molecule has 0 fully saturated rings. The van der Waals surface area contributed by atoms with Crippen LogP contribution in [0.1, 0.15) is 19.4 Å². The van der Waals surface area contributed by atoms with E-state index >= 15 is 0 Å². The van der Waals surface area contributed by atoms with Crippen LogP contribution >= 0.6 is 15.9 Å². The summed E-state index contributed by atoms with van der Waals surface area (Å²) in [5, 5.41) is 0. The number of carbonyl (C=O) groups excluding carboxylic acids is 2. The average molecular weight is 313 g/mol. The number of esters is 2. The van der Waals surface area contributed by atoms with Gasteiger partial charge in [0.05, 0.1) is 0 Å². The molecule has 0 N–H and O–H groups in total. The van der Waals surface area contributed by atoms with Crippen LogP contribution in [0.2, 0.25) is 0 Å². The molecule has 0 aliphatic carbocycles. The molecule has 0 heterocycles. The molecule has 0 spiro atoms. The van der Waals surface area contributed by atoms with Crippen LogP contribution in [-0.4, -0.2) is 11.9 Å². The van der Waals surface area contributed by atoms with E-state index in [1.165, 1.54) is 13.8 Å². The first-order chi connectivity index (χ1) is 8.52. The van der Waals surface area contributed by atoms with Gasteiger partial charge in [0, 0.05) is 13.8 Å². The van der Waals surface area contributed by atoms with Crippen molar-refractivity contribution in [3.63, 3.8) is 0 Å². The van der Waals surface area contributed by atoms with Gasteiger partial charge in [-0.25, -0.2) is 0 Å². The van der Waals surface area contributed by atoms with Crippen LogP contribution in [0.4, 0.5) is 0 Å². The van der Waals surface area contributed by atoms with Crippen LogP contribution in [-0.2, 0) is 16.0 Å². The number of carbonyl (C=O) groups is 2. The van der Waals surface area contributed by atoms with Gasteiger partial charge >= 0.3 is 11.9 Å². The Labute approximate surface area is 114 Å². The topological polar surface area (TPSA) is 52.6 Å². The first-order valence-corrected chi connectivity index (χ1v) is 6.19. The van der Waals surface area contributed by atoms with E-state index in [0.29, 0.717) is 6.42 Å². The van der Waals surface area contributed by atoms with Gasteiger partial charge in [-0.15, -0.1) is 0 Å². The smallest absolute Gasteiger partial charge is 0.308 e. The highest BCUT2D eigenvalue weighted by molar-refractivity contribution is 9.11. The maximum atomic E-state index is 11.0. The molecule has 96 valence electrons. The summed E-state index contributed by atoms with van der Waals surface area (Å²) < 4.78 is 9.98. The zero-order valence-electron chi connectivity index (χ0n) is 10.1. The van der Waals surface area contributed by atoms with Gasteiger partial charge in [0.1, 0.15) is 0 Å². The molecule has 0 bridgehead atoms. The lowest BCUT2D eigenvalue weighted by atomic mass is 10.1. The maximum Gasteiger partial charge on any atom is 0.308 e. The summed E-state index contributed by atoms with van der Waals surface area (Å²) in [5.41, 5.74) is 0.942. The predicted molar refractivity (Wildman–Crippen MR) is 70.8 cm³/mol. The zero-order valence-corrected chi connectivity index (χ0v) is 11.7. The van der Waals surface area contributed by atoms with Gasteiger partial charge in [-0.3, -0.25) is 9.59 Å². The van der Waals surface area contributed by atoms with Crippen molar-refractivity contribution in [2.24, 2.45) is 0 Å². The van der Waals surface area contributed by atoms with Crippen molar-refractivity contribution in [3.05, 3.63) is 34.8 Å². The standard InChI is InChI=1S/C13H13BrO4/c1-9(15)17-12-6-5-11(4-3-7-14)8-13(12)18-10(2)16/h3,5-8H,4H2,1-2H3/b7-3-. The zero-order chi connectivity index (χ0) is 13.5. The molecule has 0 aliphatic heterocycles. The fraction of sp³-hybridized carbons (Fsp3) is 0.231. The lowest BCUT2D eigenvalue weighted by Gasteiger charge is -2.09. The number of benzene rings is 1. The minimum atomic E-state index is -0.462. The summed E-state index contributed by atoms with van der Waals surface area (Å²) in [4.78, 5) is 23.7. The number of hydrogen-bond donors (Lipinski definition) is 0. The molecule has 1 aromatic rings. The third kappa shape index (κ3) is 4.71. The lowest BCUT2D eigenvalue weighted by molar-refractivity contribution is -0.134. The Hall–Kier alpha value is -1.62. The lowest BCUT2D eigenvalue weighted by Crippen LogP contribution is -2.07. The van der Waals surface area contributed by atoms with Crippen LogP contribution in [0.25, 0.3) is 0 Å². The van der Waals surface area contributed by atoms with E-state index in [-0.39, 0.29) is 11.5 Å². The third-order valence-electron chi connectivity index (χ3n) is 1.96. The van der Waals surface area contributed by atoms with E-state index < -0.39 is 11.9 Å². The minimum Gasteiger partial charge on any atom is -0.423 e. The first-order valence-electron chi connectivity index (χ1n) is 5.28. The summed E-state index contributed by atoms with van der Waals surface area (Å²) in [7, 11) is 0. The highest BCUT2D eigenvalue weighted by atomic mass is 79.9. The molecule has 0 aliphatic rings. The van der Waals surface area contributed by atoms with Crippen molar-refractivity contribution in [1.29, 1.82) is 0 Å². The van der Waals surface area contributed by atoms with E-state index in [4.69, 9.17) is 9.47 Å². The highest BCUT2D eigenvalue weighted by Crippen LogP contribution is 2.29. The molecule has 0 saturated carbocycles. The largest absolute Gasteiger partial charge is 0.423 e. The molecule has 0 amide bonds. The Morgan fingerprint density at radius 3 is 2.33 bits per heavy atom. The summed E-state index contributed by atoms with van der Waals surface area (Å²) >= 11 is 3.18. The second kappa shape index (κ2) is 6.96. The first kappa shape index (κ1) is 14.4. The van der Waals surface area contributed by atoms with Crippen LogP contribution in [0.15, 0.2) is 29.3 Å². The normalized spacial score (nSPS) is 10.4. The van der Waals surface area contributed by atoms with E-state index in [1.54, 1.807) is 23.2 Å². The molecule has 5 heteroatoms. The third-order valence-corrected chi connectivity index (χ3v) is 2.33. The van der Waals surface area contributed by atoms with E-state index in [1.807, 2.05) is 6.08 Å². The quantitative estimate of drug-likeness (QED) is 0.633. The second-order valence-electron chi connectivity index (χ2n) is 3.53. The summed E-state index contributed by atoms with van der Waals surface area (Å²) in [6.07, 6.45) is 2.58. The fourth-order valence-electron chi connectivity index (χ4n) is 1.33. The van der Waals surface area contributed by atoms with Crippen LogP contribution in [0.5, 0.6) is 11.5 Å². The number of allylic oxidation sites excluding steroid dienone is 1. The Kier molecular flexibility index (Phi) is 5.58. The van der Waals surface area contributed by atoms with Gasteiger partial charge < -0.3 is 9.47 Å². The van der Waals surface area contributed by atoms with Crippen LogP contribution in [0, 0.1) is 0 Å². The molecule has 0 radical (unpaired) electrons. The van der Waals surface area contributed by atoms with Gasteiger partial charge in [0.2, 0.25) is 0 Å². The number of hydrogen-bond acceptors (Lipinski definition) is 4. The SMILES string of the molecule is CC(=O)Oc1ccc(C/C=C\Br)cc1OC(C)=O. The molecular weight excluding hydrogens is 300 g/mol. The Morgan fingerprint density at radius 1 is 1.17 bits per heavy atom. The number of ether oxygens (including phenoxy) is 2. The van der Waals surface area contributed by atoms with Crippen molar-refractivity contribution in [3.8, 4) is 11.5 Å². The van der Waals surface area contributed by atoms with Gasteiger partial charge in [-0.2, -0.15) is 0 Å². The van der Waals surface area contributed by atoms with Crippen LogP contribution < -0.4 is 9.47 Å². The number of rotatable bonds is 4. The van der Waals surface area contributed by atoms with E-state index in [9.17, 15) is 9.59 Å². The van der Waals surface area contributed by atoms with Crippen LogP contribution in [0.3, 0.4) is 0 Å². The molecular formula is C13H13BrO4. The molecule has 1 rings (SSSR count). The number of halogens is 1. The summed E-state index contributed by atoms with van der Waals surface area (Å²) in [6.45, 7) is 2.58. The van der Waals surface area contributed by atoms with Gasteiger partial charge in [0.25, 0.3) is 0 Å².